The lowest BCUT2D eigenvalue weighted by Gasteiger charge is -2.11. The van der Waals surface area contributed by atoms with Gasteiger partial charge in [-0.3, -0.25) is 4.79 Å². The molecule has 4 rings (SSSR count). The first-order valence-electron chi connectivity index (χ1n) is 8.00. The fourth-order valence-electron chi connectivity index (χ4n) is 2.76. The van der Waals surface area contributed by atoms with E-state index in [9.17, 15) is 4.79 Å². The summed E-state index contributed by atoms with van der Waals surface area (Å²) in [5.41, 5.74) is 4.14. The second-order valence-corrected chi connectivity index (χ2v) is 6.68. The molecule has 7 heteroatoms. The second-order valence-electron chi connectivity index (χ2n) is 5.73. The van der Waals surface area contributed by atoms with Crippen molar-refractivity contribution < 1.29 is 4.79 Å². The van der Waals surface area contributed by atoms with Crippen LogP contribution in [0.3, 0.4) is 0 Å². The van der Waals surface area contributed by atoms with E-state index < -0.39 is 0 Å². The van der Waals surface area contributed by atoms with E-state index in [4.69, 9.17) is 0 Å². The number of anilines is 1. The Morgan fingerprint density at radius 3 is 2.73 bits per heavy atom. The van der Waals surface area contributed by atoms with Gasteiger partial charge in [0, 0.05) is 21.7 Å². The van der Waals surface area contributed by atoms with E-state index in [-0.39, 0.29) is 5.91 Å². The Bertz CT molecular complexity index is 1040. The van der Waals surface area contributed by atoms with E-state index >= 15 is 0 Å². The zero-order valence-electron chi connectivity index (χ0n) is 14.0. The molecule has 128 valence electrons. The lowest BCUT2D eigenvalue weighted by Crippen LogP contribution is -2.13. The van der Waals surface area contributed by atoms with Crippen molar-refractivity contribution >= 4 is 22.9 Å². The van der Waals surface area contributed by atoms with E-state index in [1.165, 1.54) is 6.33 Å². The predicted octanol–water partition coefficient (Wildman–Crippen LogP) is 3.95. The van der Waals surface area contributed by atoms with E-state index in [1.54, 1.807) is 22.1 Å². The van der Waals surface area contributed by atoms with Crippen LogP contribution in [0.1, 0.15) is 15.9 Å². The third-order valence-electron chi connectivity index (χ3n) is 4.02. The van der Waals surface area contributed by atoms with Crippen LogP contribution >= 0.6 is 11.3 Å². The van der Waals surface area contributed by atoms with E-state index in [0.29, 0.717) is 5.56 Å². The third-order valence-corrected chi connectivity index (χ3v) is 4.92. The first-order valence-corrected chi connectivity index (χ1v) is 8.88. The van der Waals surface area contributed by atoms with Gasteiger partial charge < -0.3 is 5.32 Å². The van der Waals surface area contributed by atoms with Crippen LogP contribution in [0.5, 0.6) is 0 Å². The summed E-state index contributed by atoms with van der Waals surface area (Å²) in [4.78, 5) is 13.8. The number of hydrogen-bond donors (Lipinski definition) is 1. The molecule has 26 heavy (non-hydrogen) atoms. The van der Waals surface area contributed by atoms with Crippen molar-refractivity contribution in [2.24, 2.45) is 0 Å². The Morgan fingerprint density at radius 1 is 1.12 bits per heavy atom. The Balaban J connectivity index is 1.61. The lowest BCUT2D eigenvalue weighted by molar-refractivity contribution is 0.102. The highest BCUT2D eigenvalue weighted by molar-refractivity contribution is 7.13. The van der Waals surface area contributed by atoms with Crippen molar-refractivity contribution in [2.75, 3.05) is 5.32 Å². The monoisotopic (exact) mass is 361 g/mol. The molecular formula is C19H15N5OS. The molecule has 0 saturated heterocycles. The molecule has 2 aromatic carbocycles. The van der Waals surface area contributed by atoms with E-state index in [2.05, 4.69) is 20.8 Å². The fraction of sp³-hybridized carbons (Fsp3) is 0.0526. The van der Waals surface area contributed by atoms with Gasteiger partial charge in [0.25, 0.3) is 5.91 Å². The molecule has 0 unspecified atom stereocenters. The normalized spacial score (nSPS) is 10.7. The summed E-state index contributed by atoms with van der Waals surface area (Å²) in [7, 11) is 0. The van der Waals surface area contributed by atoms with Gasteiger partial charge in [0.15, 0.2) is 0 Å². The Hall–Kier alpha value is -3.32. The lowest BCUT2D eigenvalue weighted by atomic mass is 10.1. The summed E-state index contributed by atoms with van der Waals surface area (Å²) in [6.07, 6.45) is 1.53. The molecule has 0 bridgehead atoms. The van der Waals surface area contributed by atoms with Crippen molar-refractivity contribution in [1.82, 2.24) is 20.2 Å². The third kappa shape index (κ3) is 3.12. The van der Waals surface area contributed by atoms with Crippen molar-refractivity contribution in [2.45, 2.75) is 6.92 Å². The molecule has 1 amide bonds. The molecule has 6 nitrogen and oxygen atoms in total. The van der Waals surface area contributed by atoms with Crippen LogP contribution in [0, 0.1) is 6.92 Å². The number of amides is 1. The Kier molecular flexibility index (Phi) is 4.28. The molecule has 2 aromatic heterocycles. The maximum atomic E-state index is 12.7. The molecule has 1 N–H and O–H groups in total. The molecule has 0 aliphatic carbocycles. The van der Waals surface area contributed by atoms with Crippen LogP contribution in [0.25, 0.3) is 16.1 Å². The molecule has 0 radical (unpaired) electrons. The molecule has 4 aromatic rings. The number of carbonyl (C=O) groups is 1. The van der Waals surface area contributed by atoms with Crippen molar-refractivity contribution in [3.63, 3.8) is 0 Å². The smallest absolute Gasteiger partial charge is 0.255 e. The standard InChI is InChI=1S/C19H15N5OS/c1-13-11-14(8-9-17(13)24-12-20-22-23-24)19(25)21-16-6-3-2-5-15(16)18-7-4-10-26-18/h2-12H,1H3,(H,21,25). The van der Waals surface area contributed by atoms with Crippen LogP contribution in [-0.2, 0) is 0 Å². The van der Waals surface area contributed by atoms with Crippen molar-refractivity contribution in [1.29, 1.82) is 0 Å². The van der Waals surface area contributed by atoms with Gasteiger partial charge in [-0.15, -0.1) is 16.4 Å². The SMILES string of the molecule is Cc1cc(C(=O)Nc2ccccc2-c2cccs2)ccc1-n1cnnn1. The summed E-state index contributed by atoms with van der Waals surface area (Å²) in [5.74, 6) is -0.152. The quantitative estimate of drug-likeness (QED) is 0.597. The maximum absolute atomic E-state index is 12.7. The predicted molar refractivity (Wildman–Crippen MR) is 102 cm³/mol. The van der Waals surface area contributed by atoms with Gasteiger partial charge in [-0.25, -0.2) is 4.68 Å². The number of benzene rings is 2. The number of nitrogens with zero attached hydrogens (tertiary/aromatic N) is 4. The molecule has 0 spiro atoms. The van der Waals surface area contributed by atoms with Crippen LogP contribution in [0.15, 0.2) is 66.3 Å². The minimum Gasteiger partial charge on any atom is -0.321 e. The summed E-state index contributed by atoms with van der Waals surface area (Å²) < 4.78 is 1.57. The Morgan fingerprint density at radius 2 is 2.00 bits per heavy atom. The molecule has 0 saturated carbocycles. The van der Waals surface area contributed by atoms with Gasteiger partial charge in [0.2, 0.25) is 0 Å². The molecule has 0 atom stereocenters. The largest absolute Gasteiger partial charge is 0.321 e. The Labute approximate surface area is 154 Å². The highest BCUT2D eigenvalue weighted by atomic mass is 32.1. The number of thiophene rings is 1. The number of tetrazole rings is 1. The zero-order valence-corrected chi connectivity index (χ0v) is 14.8. The number of hydrogen-bond acceptors (Lipinski definition) is 5. The van der Waals surface area contributed by atoms with Crippen LogP contribution in [0.2, 0.25) is 0 Å². The van der Waals surface area contributed by atoms with Gasteiger partial charge in [-0.2, -0.15) is 0 Å². The number of nitrogens with one attached hydrogen (secondary N) is 1. The highest BCUT2D eigenvalue weighted by Gasteiger charge is 2.12. The van der Waals surface area contributed by atoms with Gasteiger partial charge in [-0.1, -0.05) is 24.3 Å². The number of para-hydroxylation sites is 1. The minimum absolute atomic E-state index is 0.152. The van der Waals surface area contributed by atoms with Crippen LogP contribution in [0.4, 0.5) is 5.69 Å². The molecule has 2 heterocycles. The topological polar surface area (TPSA) is 72.7 Å². The van der Waals surface area contributed by atoms with Crippen molar-refractivity contribution in [3.8, 4) is 16.1 Å². The molecule has 0 fully saturated rings. The minimum atomic E-state index is -0.152. The number of rotatable bonds is 4. The average Bonchev–Trinajstić information content (AvgIpc) is 3.36. The van der Waals surface area contributed by atoms with Gasteiger partial charge in [-0.05, 0) is 58.6 Å². The fourth-order valence-corrected chi connectivity index (χ4v) is 3.52. The summed E-state index contributed by atoms with van der Waals surface area (Å²) in [6.45, 7) is 1.92. The summed E-state index contributed by atoms with van der Waals surface area (Å²) >= 11 is 1.64. The molecule has 0 aliphatic heterocycles. The van der Waals surface area contributed by atoms with Gasteiger partial charge in [0.05, 0.1) is 5.69 Å². The van der Waals surface area contributed by atoms with Gasteiger partial charge >= 0.3 is 0 Å². The number of aromatic nitrogens is 4. The van der Waals surface area contributed by atoms with Gasteiger partial charge in [0.1, 0.15) is 6.33 Å². The summed E-state index contributed by atoms with van der Waals surface area (Å²) in [5, 5.41) is 16.2. The zero-order chi connectivity index (χ0) is 17.9. The first-order chi connectivity index (χ1) is 12.7. The number of aryl methyl sites for hydroxylation is 1. The first kappa shape index (κ1) is 16.2. The maximum Gasteiger partial charge on any atom is 0.255 e. The van der Waals surface area contributed by atoms with Crippen LogP contribution in [-0.4, -0.2) is 26.1 Å². The van der Waals surface area contributed by atoms with E-state index in [1.807, 2.05) is 60.8 Å². The van der Waals surface area contributed by atoms with Crippen LogP contribution < -0.4 is 5.32 Å². The number of carbonyl (C=O) groups excluding carboxylic acids is 1. The molecule has 0 aliphatic rings. The second kappa shape index (κ2) is 6.89. The summed E-state index contributed by atoms with van der Waals surface area (Å²) in [6, 6.07) is 17.3. The van der Waals surface area contributed by atoms with E-state index in [0.717, 1.165) is 27.4 Å². The van der Waals surface area contributed by atoms with Crippen molar-refractivity contribution in [3.05, 3.63) is 77.4 Å². The highest BCUT2D eigenvalue weighted by Crippen LogP contribution is 2.31. The molecular weight excluding hydrogens is 346 g/mol. The average molecular weight is 361 g/mol.